The average Bonchev–Trinajstić information content (AvgIpc) is 3.03. The molecule has 1 heterocycles. The summed E-state index contributed by atoms with van der Waals surface area (Å²) in [6, 6.07) is 12.1. The van der Waals surface area contributed by atoms with Crippen molar-refractivity contribution in [2.24, 2.45) is 0 Å². The quantitative estimate of drug-likeness (QED) is 0.725. The molecule has 0 spiro atoms. The van der Waals surface area contributed by atoms with Crippen molar-refractivity contribution in [1.82, 2.24) is 15.0 Å². The molecular formula is C20H24N4O. The fourth-order valence-corrected chi connectivity index (χ4v) is 2.73. The summed E-state index contributed by atoms with van der Waals surface area (Å²) in [4.78, 5) is 13.6. The highest BCUT2D eigenvalue weighted by atomic mass is 16.1. The first-order valence-corrected chi connectivity index (χ1v) is 8.87. The third kappa shape index (κ3) is 3.87. The van der Waals surface area contributed by atoms with Gasteiger partial charge < -0.3 is 5.32 Å². The Bertz CT molecular complexity index is 881. The van der Waals surface area contributed by atoms with E-state index in [-0.39, 0.29) is 5.91 Å². The molecule has 0 fully saturated rings. The number of carbonyl (C=O) groups excluding carboxylic acids is 1. The van der Waals surface area contributed by atoms with E-state index >= 15 is 0 Å². The fraction of sp³-hybridized carbons (Fsp3) is 0.350. The van der Waals surface area contributed by atoms with Crippen molar-refractivity contribution in [3.8, 4) is 5.69 Å². The Morgan fingerprint density at radius 3 is 2.40 bits per heavy atom. The Kier molecular flexibility index (Phi) is 5.12. The topological polar surface area (TPSA) is 59.8 Å². The van der Waals surface area contributed by atoms with Gasteiger partial charge in [0.2, 0.25) is 5.91 Å². The number of rotatable bonds is 6. The molecule has 5 nitrogen and oxygen atoms in total. The van der Waals surface area contributed by atoms with Crippen molar-refractivity contribution < 1.29 is 4.79 Å². The SMILES string of the molecule is CCCCC(=O)Nc1cc2nn(-c3ccc(CC)cc3)nc2cc1C. The number of amides is 1. The van der Waals surface area contributed by atoms with Gasteiger partial charge in [0.25, 0.3) is 0 Å². The summed E-state index contributed by atoms with van der Waals surface area (Å²) in [5.41, 5.74) is 5.61. The van der Waals surface area contributed by atoms with E-state index in [0.717, 1.165) is 47.2 Å². The number of nitrogens with zero attached hydrogens (tertiary/aromatic N) is 3. The summed E-state index contributed by atoms with van der Waals surface area (Å²) < 4.78 is 0. The minimum Gasteiger partial charge on any atom is -0.326 e. The lowest BCUT2D eigenvalue weighted by Gasteiger charge is -2.07. The average molecular weight is 336 g/mol. The van der Waals surface area contributed by atoms with Gasteiger partial charge in [-0.2, -0.15) is 4.80 Å². The first kappa shape index (κ1) is 17.1. The molecule has 130 valence electrons. The third-order valence-electron chi connectivity index (χ3n) is 4.33. The predicted molar refractivity (Wildman–Crippen MR) is 101 cm³/mol. The number of hydrogen-bond acceptors (Lipinski definition) is 3. The summed E-state index contributed by atoms with van der Waals surface area (Å²) in [6.07, 6.45) is 3.47. The Morgan fingerprint density at radius 2 is 1.76 bits per heavy atom. The van der Waals surface area contributed by atoms with E-state index in [0.29, 0.717) is 6.42 Å². The van der Waals surface area contributed by atoms with E-state index in [2.05, 4.69) is 41.5 Å². The summed E-state index contributed by atoms with van der Waals surface area (Å²) in [6.45, 7) is 6.19. The van der Waals surface area contributed by atoms with Crippen molar-refractivity contribution in [1.29, 1.82) is 0 Å². The number of unbranched alkanes of at least 4 members (excludes halogenated alkanes) is 1. The molecule has 1 N–H and O–H groups in total. The van der Waals surface area contributed by atoms with Gasteiger partial charge in [0.15, 0.2) is 0 Å². The van der Waals surface area contributed by atoms with E-state index in [1.165, 1.54) is 5.56 Å². The number of fused-ring (bicyclic) bond motifs is 1. The van der Waals surface area contributed by atoms with Gasteiger partial charge in [0.1, 0.15) is 11.0 Å². The number of benzene rings is 2. The van der Waals surface area contributed by atoms with E-state index in [1.807, 2.05) is 31.2 Å². The molecule has 1 amide bonds. The van der Waals surface area contributed by atoms with Crippen molar-refractivity contribution in [2.75, 3.05) is 5.32 Å². The van der Waals surface area contributed by atoms with Crippen LogP contribution in [0.15, 0.2) is 36.4 Å². The van der Waals surface area contributed by atoms with Gasteiger partial charge in [-0.05, 0) is 55.2 Å². The molecule has 5 heteroatoms. The van der Waals surface area contributed by atoms with Crippen LogP contribution in [0.5, 0.6) is 0 Å². The van der Waals surface area contributed by atoms with Gasteiger partial charge >= 0.3 is 0 Å². The number of anilines is 1. The molecule has 0 saturated heterocycles. The summed E-state index contributed by atoms with van der Waals surface area (Å²) >= 11 is 0. The molecule has 0 saturated carbocycles. The molecular weight excluding hydrogens is 312 g/mol. The number of hydrogen-bond donors (Lipinski definition) is 1. The molecule has 3 aromatic rings. The van der Waals surface area contributed by atoms with Crippen LogP contribution in [0.1, 0.15) is 44.2 Å². The van der Waals surface area contributed by atoms with Gasteiger partial charge in [0.05, 0.1) is 5.69 Å². The Labute approximate surface area is 148 Å². The zero-order valence-electron chi connectivity index (χ0n) is 15.0. The van der Waals surface area contributed by atoms with Crippen LogP contribution in [0.25, 0.3) is 16.7 Å². The number of aryl methyl sites for hydroxylation is 2. The first-order valence-electron chi connectivity index (χ1n) is 8.87. The molecule has 1 aromatic heterocycles. The van der Waals surface area contributed by atoms with Crippen LogP contribution in [-0.2, 0) is 11.2 Å². The van der Waals surface area contributed by atoms with Crippen molar-refractivity contribution >= 4 is 22.6 Å². The molecule has 0 atom stereocenters. The molecule has 3 rings (SSSR count). The highest BCUT2D eigenvalue weighted by Crippen LogP contribution is 2.22. The molecule has 25 heavy (non-hydrogen) atoms. The molecule has 0 unspecified atom stereocenters. The molecule has 0 bridgehead atoms. The standard InChI is InChI=1S/C20H24N4O/c1-4-6-7-20(25)21-17-13-19-18(12-14(17)3)22-24(23-19)16-10-8-15(5-2)9-11-16/h8-13H,4-7H2,1-3H3,(H,21,25). The van der Waals surface area contributed by atoms with Gasteiger partial charge in [-0.1, -0.05) is 32.4 Å². The van der Waals surface area contributed by atoms with Gasteiger partial charge in [-0.3, -0.25) is 4.79 Å². The van der Waals surface area contributed by atoms with Crippen LogP contribution in [-0.4, -0.2) is 20.9 Å². The van der Waals surface area contributed by atoms with Crippen LogP contribution in [0.4, 0.5) is 5.69 Å². The Balaban J connectivity index is 1.88. The number of aromatic nitrogens is 3. The molecule has 0 aliphatic carbocycles. The van der Waals surface area contributed by atoms with E-state index < -0.39 is 0 Å². The normalized spacial score (nSPS) is 11.0. The lowest BCUT2D eigenvalue weighted by atomic mass is 10.1. The number of nitrogens with one attached hydrogen (secondary N) is 1. The largest absolute Gasteiger partial charge is 0.326 e. The second-order valence-electron chi connectivity index (χ2n) is 6.32. The maximum absolute atomic E-state index is 12.0. The maximum atomic E-state index is 12.0. The summed E-state index contributed by atoms with van der Waals surface area (Å²) in [5, 5.41) is 12.1. The fourth-order valence-electron chi connectivity index (χ4n) is 2.73. The van der Waals surface area contributed by atoms with Crippen molar-refractivity contribution in [3.05, 3.63) is 47.5 Å². The van der Waals surface area contributed by atoms with Crippen molar-refractivity contribution in [3.63, 3.8) is 0 Å². The predicted octanol–water partition coefficient (Wildman–Crippen LogP) is 4.42. The van der Waals surface area contributed by atoms with Crippen LogP contribution in [0.2, 0.25) is 0 Å². The van der Waals surface area contributed by atoms with Crippen molar-refractivity contribution in [2.45, 2.75) is 46.5 Å². The van der Waals surface area contributed by atoms with Crippen LogP contribution in [0.3, 0.4) is 0 Å². The zero-order chi connectivity index (χ0) is 17.8. The lowest BCUT2D eigenvalue weighted by molar-refractivity contribution is -0.116. The zero-order valence-corrected chi connectivity index (χ0v) is 15.0. The minimum absolute atomic E-state index is 0.0480. The lowest BCUT2D eigenvalue weighted by Crippen LogP contribution is -2.11. The van der Waals surface area contributed by atoms with E-state index in [4.69, 9.17) is 0 Å². The molecule has 0 aliphatic rings. The van der Waals surface area contributed by atoms with E-state index in [1.54, 1.807) is 4.80 Å². The second-order valence-corrected chi connectivity index (χ2v) is 6.32. The molecule has 0 aliphatic heterocycles. The Morgan fingerprint density at radius 1 is 1.08 bits per heavy atom. The maximum Gasteiger partial charge on any atom is 0.224 e. The summed E-state index contributed by atoms with van der Waals surface area (Å²) in [5.74, 6) is 0.0480. The highest BCUT2D eigenvalue weighted by molar-refractivity contribution is 5.94. The van der Waals surface area contributed by atoms with Crippen LogP contribution < -0.4 is 5.32 Å². The highest BCUT2D eigenvalue weighted by Gasteiger charge is 2.10. The van der Waals surface area contributed by atoms with Gasteiger partial charge in [-0.15, -0.1) is 10.2 Å². The van der Waals surface area contributed by atoms with Gasteiger partial charge in [0, 0.05) is 12.1 Å². The third-order valence-corrected chi connectivity index (χ3v) is 4.33. The monoisotopic (exact) mass is 336 g/mol. The number of carbonyl (C=O) groups is 1. The smallest absolute Gasteiger partial charge is 0.224 e. The van der Waals surface area contributed by atoms with E-state index in [9.17, 15) is 4.79 Å². The minimum atomic E-state index is 0.0480. The second kappa shape index (κ2) is 7.47. The van der Waals surface area contributed by atoms with Gasteiger partial charge in [-0.25, -0.2) is 0 Å². The van der Waals surface area contributed by atoms with Crippen LogP contribution >= 0.6 is 0 Å². The molecule has 0 radical (unpaired) electrons. The van der Waals surface area contributed by atoms with Crippen LogP contribution in [0, 0.1) is 6.92 Å². The first-order chi connectivity index (χ1) is 12.1. The Hall–Kier alpha value is -2.69. The summed E-state index contributed by atoms with van der Waals surface area (Å²) in [7, 11) is 0. The molecule has 2 aromatic carbocycles.